The third-order valence-corrected chi connectivity index (χ3v) is 6.13. The van der Waals surface area contributed by atoms with Crippen molar-refractivity contribution < 1.29 is 0 Å². The van der Waals surface area contributed by atoms with Gasteiger partial charge in [-0.1, -0.05) is 12.2 Å². The van der Waals surface area contributed by atoms with Gasteiger partial charge in [0.15, 0.2) is 0 Å². The maximum absolute atomic E-state index is 3.73. The first-order valence-corrected chi connectivity index (χ1v) is 10.2. The molecular weight excluding hydrogens is 324 g/mol. The molecule has 0 amide bonds. The molecule has 3 heteroatoms. The summed E-state index contributed by atoms with van der Waals surface area (Å²) < 4.78 is 0. The molecule has 2 N–H and O–H groups in total. The lowest BCUT2D eigenvalue weighted by molar-refractivity contribution is 0.297. The summed E-state index contributed by atoms with van der Waals surface area (Å²) in [5, 5.41) is 7.46. The predicted molar refractivity (Wildman–Crippen MR) is 112 cm³/mol. The summed E-state index contributed by atoms with van der Waals surface area (Å²) in [6.07, 6.45) is 6.99. The van der Waals surface area contributed by atoms with Gasteiger partial charge in [-0.3, -0.25) is 0 Å². The number of nitrogens with one attached hydrogen (secondary N) is 2. The second-order valence-corrected chi connectivity index (χ2v) is 11.4. The highest BCUT2D eigenvalue weighted by Gasteiger charge is 2.34. The Morgan fingerprint density at radius 2 is 1.04 bits per heavy atom. The monoisotopic (exact) mass is 358 g/mol. The summed E-state index contributed by atoms with van der Waals surface area (Å²) in [6.45, 7) is 18.3. The highest BCUT2D eigenvalue weighted by atomic mass is 32.1. The molecule has 0 spiro atoms. The first kappa shape index (κ1) is 18.9. The molecule has 2 nitrogen and oxygen atoms in total. The van der Waals surface area contributed by atoms with Gasteiger partial charge in [0.1, 0.15) is 0 Å². The molecule has 0 unspecified atom stereocenters. The molecule has 0 bridgehead atoms. The SMILES string of the molecule is CC1(C)C=C(c2ccc(C3=CC(C)(C)NC(C)(C)C3)s2)CC(C)(C)N1. The van der Waals surface area contributed by atoms with Crippen LogP contribution in [0.2, 0.25) is 0 Å². The van der Waals surface area contributed by atoms with Crippen molar-refractivity contribution in [1.29, 1.82) is 0 Å². The molecule has 0 aliphatic carbocycles. The first-order chi connectivity index (χ1) is 11.3. The standard InChI is InChI=1S/C22H34N2S/c1-19(2)11-15(12-20(3,4)23-19)17-9-10-18(25-17)16-13-21(5,6)24-22(7,8)14-16/h9-11,13,23-24H,12,14H2,1-8H3. The van der Waals surface area contributed by atoms with Crippen LogP contribution in [-0.4, -0.2) is 22.2 Å². The molecule has 2 aliphatic rings. The van der Waals surface area contributed by atoms with Crippen molar-refractivity contribution in [2.45, 2.75) is 90.4 Å². The second-order valence-electron chi connectivity index (χ2n) is 10.3. The van der Waals surface area contributed by atoms with Crippen LogP contribution in [0.3, 0.4) is 0 Å². The molecule has 138 valence electrons. The van der Waals surface area contributed by atoms with Crippen LogP contribution in [0.1, 0.15) is 78.0 Å². The summed E-state index contributed by atoms with van der Waals surface area (Å²) >= 11 is 1.96. The van der Waals surface area contributed by atoms with E-state index in [2.05, 4.69) is 90.3 Å². The van der Waals surface area contributed by atoms with Gasteiger partial charge < -0.3 is 10.6 Å². The number of thiophene rings is 1. The minimum Gasteiger partial charge on any atom is -0.303 e. The highest BCUT2D eigenvalue weighted by Crippen LogP contribution is 2.41. The Morgan fingerprint density at radius 3 is 1.36 bits per heavy atom. The van der Waals surface area contributed by atoms with Crippen molar-refractivity contribution in [2.24, 2.45) is 0 Å². The van der Waals surface area contributed by atoms with Crippen LogP contribution in [-0.2, 0) is 0 Å². The van der Waals surface area contributed by atoms with Crippen LogP contribution in [0, 0.1) is 0 Å². The van der Waals surface area contributed by atoms with Crippen molar-refractivity contribution in [2.75, 3.05) is 0 Å². The molecule has 1 aromatic rings. The van der Waals surface area contributed by atoms with Crippen molar-refractivity contribution in [3.8, 4) is 0 Å². The number of hydrogen-bond donors (Lipinski definition) is 2. The summed E-state index contributed by atoms with van der Waals surface area (Å²) in [5.41, 5.74) is 3.32. The van der Waals surface area contributed by atoms with Crippen LogP contribution in [0.25, 0.3) is 11.1 Å². The van der Waals surface area contributed by atoms with E-state index in [-0.39, 0.29) is 22.2 Å². The van der Waals surface area contributed by atoms with Gasteiger partial charge in [-0.15, -0.1) is 11.3 Å². The van der Waals surface area contributed by atoms with Crippen LogP contribution >= 0.6 is 11.3 Å². The average molecular weight is 359 g/mol. The first-order valence-electron chi connectivity index (χ1n) is 9.39. The Morgan fingerprint density at radius 1 is 0.680 bits per heavy atom. The Bertz CT molecular complexity index is 668. The van der Waals surface area contributed by atoms with Gasteiger partial charge in [0.2, 0.25) is 0 Å². The Kier molecular flexibility index (Phi) is 4.38. The van der Waals surface area contributed by atoms with E-state index in [4.69, 9.17) is 0 Å². The fourth-order valence-electron chi connectivity index (χ4n) is 4.83. The lowest BCUT2D eigenvalue weighted by Crippen LogP contribution is -2.53. The molecule has 3 heterocycles. The zero-order chi connectivity index (χ0) is 18.7. The molecule has 2 aliphatic heterocycles. The van der Waals surface area contributed by atoms with Crippen molar-refractivity contribution >= 4 is 22.5 Å². The lowest BCUT2D eigenvalue weighted by Gasteiger charge is -2.41. The van der Waals surface area contributed by atoms with Gasteiger partial charge in [-0.25, -0.2) is 0 Å². The van der Waals surface area contributed by atoms with E-state index in [1.54, 1.807) is 0 Å². The fourth-order valence-corrected chi connectivity index (χ4v) is 5.86. The Balaban J connectivity index is 1.93. The number of hydrogen-bond acceptors (Lipinski definition) is 3. The van der Waals surface area contributed by atoms with Crippen molar-refractivity contribution in [3.63, 3.8) is 0 Å². The van der Waals surface area contributed by atoms with Crippen LogP contribution < -0.4 is 10.6 Å². The second kappa shape index (κ2) is 5.80. The van der Waals surface area contributed by atoms with E-state index in [1.165, 1.54) is 20.9 Å². The van der Waals surface area contributed by atoms with Crippen LogP contribution in [0.15, 0.2) is 24.3 Å². The Labute approximate surface area is 157 Å². The highest BCUT2D eigenvalue weighted by molar-refractivity contribution is 7.14. The average Bonchev–Trinajstić information content (AvgIpc) is 2.80. The molecule has 0 fully saturated rings. The van der Waals surface area contributed by atoms with E-state index >= 15 is 0 Å². The molecule has 0 aromatic carbocycles. The smallest absolute Gasteiger partial charge is 0.0318 e. The summed E-state index contributed by atoms with van der Waals surface area (Å²) in [5.74, 6) is 0. The van der Waals surface area contributed by atoms with E-state index in [0.717, 1.165) is 12.8 Å². The maximum Gasteiger partial charge on any atom is 0.0318 e. The van der Waals surface area contributed by atoms with Crippen LogP contribution in [0.5, 0.6) is 0 Å². The summed E-state index contributed by atoms with van der Waals surface area (Å²) in [4.78, 5) is 2.85. The minimum absolute atomic E-state index is 0.0409. The topological polar surface area (TPSA) is 24.1 Å². The zero-order valence-corrected chi connectivity index (χ0v) is 17.9. The zero-order valence-electron chi connectivity index (χ0n) is 17.1. The van der Waals surface area contributed by atoms with Crippen molar-refractivity contribution in [1.82, 2.24) is 10.6 Å². The molecule has 0 saturated carbocycles. The van der Waals surface area contributed by atoms with E-state index in [9.17, 15) is 0 Å². The predicted octanol–water partition coefficient (Wildman–Crippen LogP) is 5.62. The van der Waals surface area contributed by atoms with E-state index in [1.807, 2.05) is 11.3 Å². The van der Waals surface area contributed by atoms with Crippen molar-refractivity contribution in [3.05, 3.63) is 34.0 Å². The van der Waals surface area contributed by atoms with Gasteiger partial charge in [0.05, 0.1) is 0 Å². The van der Waals surface area contributed by atoms with Gasteiger partial charge >= 0.3 is 0 Å². The third-order valence-electron chi connectivity index (χ3n) is 4.90. The third kappa shape index (κ3) is 4.45. The molecule has 0 atom stereocenters. The summed E-state index contributed by atoms with van der Waals surface area (Å²) in [6, 6.07) is 4.65. The molecule has 0 radical (unpaired) electrons. The van der Waals surface area contributed by atoms with E-state index in [0.29, 0.717) is 0 Å². The van der Waals surface area contributed by atoms with Crippen LogP contribution in [0.4, 0.5) is 0 Å². The van der Waals surface area contributed by atoms with Gasteiger partial charge in [-0.05, 0) is 91.5 Å². The lowest BCUT2D eigenvalue weighted by atomic mass is 9.83. The van der Waals surface area contributed by atoms with E-state index < -0.39 is 0 Å². The molecule has 25 heavy (non-hydrogen) atoms. The van der Waals surface area contributed by atoms with Gasteiger partial charge in [-0.2, -0.15) is 0 Å². The molecule has 3 rings (SSSR count). The fraction of sp³-hybridized carbons (Fsp3) is 0.636. The largest absolute Gasteiger partial charge is 0.303 e. The summed E-state index contributed by atoms with van der Waals surface area (Å²) in [7, 11) is 0. The molecule has 0 saturated heterocycles. The van der Waals surface area contributed by atoms with Gasteiger partial charge in [0, 0.05) is 31.9 Å². The normalized spacial score (nSPS) is 26.7. The number of rotatable bonds is 2. The van der Waals surface area contributed by atoms with Gasteiger partial charge in [0.25, 0.3) is 0 Å². The Hall–Kier alpha value is -0.900. The molecular formula is C22H34N2S. The molecule has 1 aromatic heterocycles. The maximum atomic E-state index is 3.73. The quantitative estimate of drug-likeness (QED) is 0.717. The minimum atomic E-state index is 0.0409.